The van der Waals surface area contributed by atoms with Crippen LogP contribution in [0.2, 0.25) is 0 Å². The molecule has 7 heteroatoms. The monoisotopic (exact) mass is 500 g/mol. The number of aryl methyl sites for hydroxylation is 2. The van der Waals surface area contributed by atoms with Gasteiger partial charge in [0.05, 0.1) is 6.04 Å². The molecule has 196 valence electrons. The molecular formula is C30H40N6O. The van der Waals surface area contributed by atoms with Crippen molar-refractivity contribution < 1.29 is 4.79 Å². The largest absolute Gasteiger partial charge is 0.370 e. The second-order valence-electron chi connectivity index (χ2n) is 10.3. The van der Waals surface area contributed by atoms with Gasteiger partial charge in [-0.1, -0.05) is 60.2 Å². The van der Waals surface area contributed by atoms with Gasteiger partial charge in [0.25, 0.3) is 0 Å². The molecule has 1 heterocycles. The number of nitrogens with zero attached hydrogens (tertiary/aromatic N) is 3. The molecule has 1 amide bonds. The van der Waals surface area contributed by atoms with Crippen LogP contribution < -0.4 is 17.2 Å². The summed E-state index contributed by atoms with van der Waals surface area (Å²) < 4.78 is 0. The molecule has 1 fully saturated rings. The Morgan fingerprint density at radius 2 is 1.81 bits per heavy atom. The van der Waals surface area contributed by atoms with Crippen LogP contribution in [0.3, 0.4) is 0 Å². The molecule has 0 aromatic heterocycles. The van der Waals surface area contributed by atoms with Gasteiger partial charge in [0, 0.05) is 38.8 Å². The minimum Gasteiger partial charge on any atom is -0.370 e. The first-order chi connectivity index (χ1) is 17.8. The number of benzene rings is 3. The minimum absolute atomic E-state index is 0.0252. The van der Waals surface area contributed by atoms with Crippen molar-refractivity contribution in [2.45, 2.75) is 51.7 Å². The Balaban J connectivity index is 1.44. The Bertz CT molecular complexity index is 1250. The topological polar surface area (TPSA) is 114 Å². The summed E-state index contributed by atoms with van der Waals surface area (Å²) in [6.45, 7) is 7.85. The fourth-order valence-corrected chi connectivity index (χ4v) is 5.34. The van der Waals surface area contributed by atoms with Gasteiger partial charge in [-0.25, -0.2) is 0 Å². The van der Waals surface area contributed by atoms with E-state index in [-0.39, 0.29) is 17.9 Å². The summed E-state index contributed by atoms with van der Waals surface area (Å²) in [5.41, 5.74) is 22.3. The average Bonchev–Trinajstić information content (AvgIpc) is 2.88. The Kier molecular flexibility index (Phi) is 8.79. The van der Waals surface area contributed by atoms with Gasteiger partial charge in [0.15, 0.2) is 5.96 Å². The minimum atomic E-state index is -0.561. The van der Waals surface area contributed by atoms with Crippen LogP contribution in [0, 0.1) is 13.8 Å². The molecule has 4 rings (SSSR count). The number of nitrogens with two attached hydrogens (primary N) is 3. The van der Waals surface area contributed by atoms with Crippen LogP contribution in [0.1, 0.15) is 35.1 Å². The number of aliphatic imine (C=N–C) groups is 1. The lowest BCUT2D eigenvalue weighted by Crippen LogP contribution is -2.58. The van der Waals surface area contributed by atoms with Crippen molar-refractivity contribution in [2.75, 3.05) is 26.2 Å². The second kappa shape index (κ2) is 12.2. The number of piperazine rings is 1. The predicted molar refractivity (Wildman–Crippen MR) is 152 cm³/mol. The maximum Gasteiger partial charge on any atom is 0.240 e. The van der Waals surface area contributed by atoms with Crippen molar-refractivity contribution in [3.63, 3.8) is 0 Å². The molecule has 1 aliphatic heterocycles. The summed E-state index contributed by atoms with van der Waals surface area (Å²) >= 11 is 0. The molecule has 6 N–H and O–H groups in total. The van der Waals surface area contributed by atoms with Gasteiger partial charge in [-0.3, -0.25) is 14.7 Å². The van der Waals surface area contributed by atoms with Crippen LogP contribution in [-0.4, -0.2) is 59.9 Å². The lowest BCUT2D eigenvalue weighted by Gasteiger charge is -2.42. The summed E-state index contributed by atoms with van der Waals surface area (Å²) in [6.07, 6.45) is 2.18. The Morgan fingerprint density at radius 1 is 1.03 bits per heavy atom. The number of rotatable bonds is 9. The standard InChI is InChI=1S/C30H40N6O/c1-21-9-11-25(22(2)16-21)18-28(31)29(37)36-15-14-35(20-27(36)8-5-13-34-30(32)33)19-23-10-12-24-6-3-4-7-26(24)17-23/h3-4,6-7,9-12,16-17,27-28H,5,8,13-15,18-20,31H2,1-2H3,(H4,32,33,34)/t27?,28-/m1/s1. The van der Waals surface area contributed by atoms with E-state index in [0.717, 1.165) is 38.0 Å². The molecule has 7 nitrogen and oxygen atoms in total. The molecule has 0 saturated carbocycles. The van der Waals surface area contributed by atoms with Gasteiger partial charge < -0.3 is 22.1 Å². The van der Waals surface area contributed by atoms with Gasteiger partial charge in [0.2, 0.25) is 5.91 Å². The maximum atomic E-state index is 13.6. The van der Waals surface area contributed by atoms with Crippen LogP contribution in [0.15, 0.2) is 65.7 Å². The highest BCUT2D eigenvalue weighted by molar-refractivity contribution is 5.83. The summed E-state index contributed by atoms with van der Waals surface area (Å²) in [4.78, 5) is 22.1. The highest BCUT2D eigenvalue weighted by Gasteiger charge is 2.32. The first-order valence-electron chi connectivity index (χ1n) is 13.2. The van der Waals surface area contributed by atoms with Crippen molar-refractivity contribution in [1.29, 1.82) is 0 Å². The molecule has 1 aliphatic rings. The van der Waals surface area contributed by atoms with Crippen LogP contribution >= 0.6 is 0 Å². The number of carbonyl (C=O) groups excluding carboxylic acids is 1. The van der Waals surface area contributed by atoms with Gasteiger partial charge in [-0.2, -0.15) is 0 Å². The lowest BCUT2D eigenvalue weighted by atomic mass is 9.97. The van der Waals surface area contributed by atoms with E-state index in [1.54, 1.807) is 0 Å². The molecular weight excluding hydrogens is 460 g/mol. The van der Waals surface area contributed by atoms with Crippen molar-refractivity contribution in [3.05, 3.63) is 82.9 Å². The van der Waals surface area contributed by atoms with E-state index in [1.165, 1.54) is 27.5 Å². The maximum absolute atomic E-state index is 13.6. The fourth-order valence-electron chi connectivity index (χ4n) is 5.34. The summed E-state index contributed by atoms with van der Waals surface area (Å²) in [6, 6.07) is 20.9. The van der Waals surface area contributed by atoms with E-state index in [4.69, 9.17) is 17.2 Å². The van der Waals surface area contributed by atoms with Crippen LogP contribution in [-0.2, 0) is 17.8 Å². The SMILES string of the molecule is Cc1ccc(C[C@@H](N)C(=O)N2CCN(Cc3ccc4ccccc4c3)CC2CCCN=C(N)N)c(C)c1. The molecule has 37 heavy (non-hydrogen) atoms. The number of amides is 1. The zero-order valence-corrected chi connectivity index (χ0v) is 22.1. The van der Waals surface area contributed by atoms with Crippen LogP contribution in [0.5, 0.6) is 0 Å². The summed E-state index contributed by atoms with van der Waals surface area (Å²) in [5.74, 6) is 0.127. The van der Waals surface area contributed by atoms with Crippen LogP contribution in [0.4, 0.5) is 0 Å². The van der Waals surface area contributed by atoms with Gasteiger partial charge in [-0.15, -0.1) is 0 Å². The molecule has 0 aliphatic carbocycles. The zero-order chi connectivity index (χ0) is 26.4. The molecule has 2 atom stereocenters. The van der Waals surface area contributed by atoms with Crippen molar-refractivity contribution in [3.8, 4) is 0 Å². The number of carbonyl (C=O) groups is 1. The molecule has 0 bridgehead atoms. The van der Waals surface area contributed by atoms with Crippen LogP contribution in [0.25, 0.3) is 10.8 Å². The Morgan fingerprint density at radius 3 is 2.57 bits per heavy atom. The van der Waals surface area contributed by atoms with E-state index < -0.39 is 6.04 Å². The van der Waals surface area contributed by atoms with Gasteiger partial charge in [0.1, 0.15) is 0 Å². The molecule has 1 unspecified atom stereocenters. The summed E-state index contributed by atoms with van der Waals surface area (Å²) in [5, 5.41) is 2.50. The van der Waals surface area contributed by atoms with Crippen molar-refractivity contribution in [1.82, 2.24) is 9.80 Å². The molecule has 3 aromatic rings. The van der Waals surface area contributed by atoms with E-state index in [2.05, 4.69) is 84.4 Å². The van der Waals surface area contributed by atoms with E-state index in [9.17, 15) is 4.79 Å². The van der Waals surface area contributed by atoms with E-state index in [0.29, 0.717) is 19.5 Å². The quantitative estimate of drug-likeness (QED) is 0.237. The van der Waals surface area contributed by atoms with Gasteiger partial charge >= 0.3 is 0 Å². The third-order valence-corrected chi connectivity index (χ3v) is 7.31. The Hall–Kier alpha value is -3.42. The highest BCUT2D eigenvalue weighted by Crippen LogP contribution is 2.22. The zero-order valence-electron chi connectivity index (χ0n) is 22.1. The first kappa shape index (κ1) is 26.6. The third-order valence-electron chi connectivity index (χ3n) is 7.31. The summed E-state index contributed by atoms with van der Waals surface area (Å²) in [7, 11) is 0. The number of fused-ring (bicyclic) bond motifs is 1. The second-order valence-corrected chi connectivity index (χ2v) is 10.3. The molecule has 0 spiro atoms. The van der Waals surface area contributed by atoms with E-state index >= 15 is 0 Å². The number of guanidine groups is 1. The molecule has 3 aromatic carbocycles. The van der Waals surface area contributed by atoms with Crippen molar-refractivity contribution >= 4 is 22.6 Å². The smallest absolute Gasteiger partial charge is 0.240 e. The van der Waals surface area contributed by atoms with Crippen molar-refractivity contribution in [2.24, 2.45) is 22.2 Å². The van der Waals surface area contributed by atoms with Gasteiger partial charge in [-0.05, 0) is 66.6 Å². The normalized spacial score (nSPS) is 17.1. The third kappa shape index (κ3) is 7.08. The molecule has 0 radical (unpaired) electrons. The number of hydrogen-bond acceptors (Lipinski definition) is 4. The lowest BCUT2D eigenvalue weighted by molar-refractivity contribution is -0.138. The fraction of sp³-hybridized carbons (Fsp3) is 0.400. The number of hydrogen-bond donors (Lipinski definition) is 3. The average molecular weight is 501 g/mol. The van der Waals surface area contributed by atoms with E-state index in [1.807, 2.05) is 4.90 Å². The molecule has 1 saturated heterocycles. The predicted octanol–water partition coefficient (Wildman–Crippen LogP) is 3.09. The Labute approximate surface area is 220 Å². The highest BCUT2D eigenvalue weighted by atomic mass is 16.2. The first-order valence-corrected chi connectivity index (χ1v) is 13.2.